The molecular formula is C27H43N5O5. The molecule has 1 heterocycles. The van der Waals surface area contributed by atoms with Gasteiger partial charge in [-0.25, -0.2) is 14.4 Å². The Morgan fingerprint density at radius 3 is 2.14 bits per heavy atom. The van der Waals surface area contributed by atoms with E-state index >= 15 is 0 Å². The van der Waals surface area contributed by atoms with E-state index in [-0.39, 0.29) is 5.82 Å². The number of carbonyl (C=O) groups is 2. The van der Waals surface area contributed by atoms with Crippen LogP contribution in [0.4, 0.5) is 15.4 Å². The van der Waals surface area contributed by atoms with E-state index in [1.165, 1.54) is 4.57 Å². The van der Waals surface area contributed by atoms with E-state index in [0.717, 1.165) is 5.56 Å². The van der Waals surface area contributed by atoms with E-state index in [0.29, 0.717) is 37.3 Å². The Morgan fingerprint density at radius 2 is 1.59 bits per heavy atom. The maximum atomic E-state index is 12.8. The normalized spacial score (nSPS) is 11.2. The molecule has 0 aliphatic heterocycles. The number of nitrogens with one attached hydrogen (secondary N) is 1. The second-order valence-electron chi connectivity index (χ2n) is 10.3. The summed E-state index contributed by atoms with van der Waals surface area (Å²) in [5.41, 5.74) is 6.21. The third-order valence-electron chi connectivity index (χ3n) is 4.66. The highest BCUT2D eigenvalue weighted by Gasteiger charge is 2.22. The van der Waals surface area contributed by atoms with Gasteiger partial charge in [-0.1, -0.05) is 26.0 Å². The van der Waals surface area contributed by atoms with Crippen LogP contribution >= 0.6 is 0 Å². The van der Waals surface area contributed by atoms with E-state index in [9.17, 15) is 14.4 Å². The van der Waals surface area contributed by atoms with E-state index in [1.807, 2.05) is 46.8 Å². The van der Waals surface area contributed by atoms with Crippen LogP contribution in [0.5, 0.6) is 0 Å². The zero-order chi connectivity index (χ0) is 28.4. The fourth-order valence-electron chi connectivity index (χ4n) is 3.06. The molecule has 0 spiro atoms. The third kappa shape index (κ3) is 11.4. The molecule has 0 saturated heterocycles. The zero-order valence-electron chi connectivity index (χ0n) is 23.7. The van der Waals surface area contributed by atoms with Gasteiger partial charge in [-0.05, 0) is 72.6 Å². The quantitative estimate of drug-likeness (QED) is 0.505. The molecular weight excluding hydrogens is 474 g/mol. The highest BCUT2D eigenvalue weighted by atomic mass is 16.6. The van der Waals surface area contributed by atoms with Crippen molar-refractivity contribution in [2.75, 3.05) is 18.8 Å². The van der Waals surface area contributed by atoms with Gasteiger partial charge >= 0.3 is 17.9 Å². The Morgan fingerprint density at radius 1 is 1.03 bits per heavy atom. The zero-order valence-corrected chi connectivity index (χ0v) is 23.7. The number of aromatic nitrogens is 2. The van der Waals surface area contributed by atoms with Crippen LogP contribution in [0.15, 0.2) is 35.3 Å². The number of alkyl carbamates (subject to hydrolysis) is 1. The van der Waals surface area contributed by atoms with Gasteiger partial charge in [0.1, 0.15) is 17.0 Å². The molecule has 2 amide bonds. The minimum Gasteiger partial charge on any atom is -0.444 e. The largest absolute Gasteiger partial charge is 0.444 e. The molecule has 2 rings (SSSR count). The molecule has 0 fully saturated rings. The van der Waals surface area contributed by atoms with Crippen LogP contribution in [0.2, 0.25) is 0 Å². The molecule has 206 valence electrons. The second-order valence-corrected chi connectivity index (χ2v) is 10.3. The Labute approximate surface area is 220 Å². The number of anilines is 1. The topological polar surface area (TPSA) is 129 Å². The number of hydrogen-bond donors (Lipinski definition) is 2. The Bertz CT molecular complexity index is 1080. The predicted molar refractivity (Wildman–Crippen MR) is 146 cm³/mol. The van der Waals surface area contributed by atoms with Crippen LogP contribution in [0.3, 0.4) is 0 Å². The minimum atomic E-state index is -0.644. The molecule has 0 aliphatic carbocycles. The molecule has 3 N–H and O–H groups in total. The van der Waals surface area contributed by atoms with Crippen LogP contribution in [0.25, 0.3) is 5.69 Å². The van der Waals surface area contributed by atoms with Gasteiger partial charge in [0.15, 0.2) is 0 Å². The van der Waals surface area contributed by atoms with Crippen molar-refractivity contribution < 1.29 is 19.1 Å². The molecule has 0 bridgehead atoms. The fraction of sp³-hybridized carbons (Fsp3) is 0.556. The summed E-state index contributed by atoms with van der Waals surface area (Å²) >= 11 is 0. The van der Waals surface area contributed by atoms with Gasteiger partial charge in [-0.2, -0.15) is 4.98 Å². The van der Waals surface area contributed by atoms with Crippen LogP contribution in [0.1, 0.15) is 72.9 Å². The second kappa shape index (κ2) is 13.7. The smallest absolute Gasteiger partial charge is 0.410 e. The van der Waals surface area contributed by atoms with Gasteiger partial charge in [-0.15, -0.1) is 0 Å². The number of benzene rings is 1. The van der Waals surface area contributed by atoms with Crippen LogP contribution in [0, 0.1) is 6.92 Å². The maximum absolute atomic E-state index is 12.8. The summed E-state index contributed by atoms with van der Waals surface area (Å²) in [4.78, 5) is 42.3. The standard InChI is InChI=1S/C25H37N5O5.C2H6/c1-17-15-30(21(31)28-20(17)26)19-11-9-18(10-12-19)16-29(23(33)35-25(5,6)7)14-8-13-27-22(32)34-24(2,3)4;1-2/h9-12,15H,8,13-14,16H2,1-7H3,(H,27,32)(H2,26,28,31);1-2H3. The number of rotatable bonds is 7. The third-order valence-corrected chi connectivity index (χ3v) is 4.66. The first-order valence-electron chi connectivity index (χ1n) is 12.5. The Hall–Kier alpha value is -3.56. The monoisotopic (exact) mass is 517 g/mol. The predicted octanol–water partition coefficient (Wildman–Crippen LogP) is 4.80. The van der Waals surface area contributed by atoms with Crippen molar-refractivity contribution in [3.8, 4) is 5.69 Å². The van der Waals surface area contributed by atoms with Crippen LogP contribution < -0.4 is 16.7 Å². The summed E-state index contributed by atoms with van der Waals surface area (Å²) in [5, 5.41) is 2.70. The number of nitrogen functional groups attached to an aromatic ring is 1. The van der Waals surface area contributed by atoms with Crippen molar-refractivity contribution in [3.05, 3.63) is 52.1 Å². The van der Waals surface area contributed by atoms with E-state index in [1.54, 1.807) is 50.9 Å². The van der Waals surface area contributed by atoms with Gasteiger partial charge in [0.2, 0.25) is 0 Å². The summed E-state index contributed by atoms with van der Waals surface area (Å²) in [5.74, 6) is 0.206. The molecule has 0 atom stereocenters. The van der Waals surface area contributed by atoms with E-state index < -0.39 is 29.1 Å². The highest BCUT2D eigenvalue weighted by molar-refractivity contribution is 5.68. The summed E-state index contributed by atoms with van der Waals surface area (Å²) in [6.45, 7) is 17.6. The molecule has 0 unspecified atom stereocenters. The van der Waals surface area contributed by atoms with Crippen molar-refractivity contribution in [2.45, 2.75) is 86.5 Å². The first kappa shape index (κ1) is 31.5. The number of amides is 2. The molecule has 0 aliphatic rings. The van der Waals surface area contributed by atoms with Gasteiger partial charge in [0, 0.05) is 31.4 Å². The molecule has 0 saturated carbocycles. The average Bonchev–Trinajstić information content (AvgIpc) is 2.78. The summed E-state index contributed by atoms with van der Waals surface area (Å²) in [6.07, 6.45) is 1.21. The lowest BCUT2D eigenvalue weighted by atomic mass is 10.2. The van der Waals surface area contributed by atoms with E-state index in [2.05, 4.69) is 10.3 Å². The first-order valence-corrected chi connectivity index (χ1v) is 12.5. The molecule has 0 radical (unpaired) electrons. The van der Waals surface area contributed by atoms with Crippen molar-refractivity contribution in [1.29, 1.82) is 0 Å². The highest BCUT2D eigenvalue weighted by Crippen LogP contribution is 2.15. The Balaban J connectivity index is 0.00000334. The van der Waals surface area contributed by atoms with Crippen molar-refractivity contribution in [3.63, 3.8) is 0 Å². The number of hydrogen-bond acceptors (Lipinski definition) is 7. The number of nitrogens with zero attached hydrogens (tertiary/aromatic N) is 3. The van der Waals surface area contributed by atoms with Gasteiger partial charge in [0.25, 0.3) is 0 Å². The number of aryl methyl sites for hydroxylation is 1. The molecule has 37 heavy (non-hydrogen) atoms. The summed E-state index contributed by atoms with van der Waals surface area (Å²) < 4.78 is 12.2. The van der Waals surface area contributed by atoms with Gasteiger partial charge in [0.05, 0.1) is 5.69 Å². The first-order chi connectivity index (χ1) is 17.1. The molecule has 1 aromatic carbocycles. The SMILES string of the molecule is CC.Cc1cn(-c2ccc(CN(CCCNC(=O)OC(C)(C)C)C(=O)OC(C)(C)C)cc2)c(=O)nc1N. The van der Waals surface area contributed by atoms with Crippen molar-refractivity contribution in [1.82, 2.24) is 19.8 Å². The van der Waals surface area contributed by atoms with Gasteiger partial charge in [-0.3, -0.25) is 4.57 Å². The summed E-state index contributed by atoms with van der Waals surface area (Å²) in [7, 11) is 0. The van der Waals surface area contributed by atoms with E-state index in [4.69, 9.17) is 15.2 Å². The number of nitrogens with two attached hydrogens (primary N) is 1. The molecule has 10 nitrogen and oxygen atoms in total. The van der Waals surface area contributed by atoms with Crippen LogP contribution in [-0.2, 0) is 16.0 Å². The van der Waals surface area contributed by atoms with Crippen molar-refractivity contribution in [2.24, 2.45) is 0 Å². The Kier molecular flexibility index (Phi) is 11.6. The molecule has 2 aromatic rings. The number of ether oxygens (including phenoxy) is 2. The minimum absolute atomic E-state index is 0.206. The maximum Gasteiger partial charge on any atom is 0.410 e. The summed E-state index contributed by atoms with van der Waals surface area (Å²) in [6, 6.07) is 7.24. The average molecular weight is 518 g/mol. The molecule has 1 aromatic heterocycles. The lowest BCUT2D eigenvalue weighted by molar-refractivity contribution is 0.0231. The van der Waals surface area contributed by atoms with Crippen molar-refractivity contribution >= 4 is 18.0 Å². The lowest BCUT2D eigenvalue weighted by Gasteiger charge is -2.27. The lowest BCUT2D eigenvalue weighted by Crippen LogP contribution is -2.38. The van der Waals surface area contributed by atoms with Crippen LogP contribution in [-0.4, -0.2) is 50.9 Å². The van der Waals surface area contributed by atoms with Gasteiger partial charge < -0.3 is 25.4 Å². The molecule has 10 heteroatoms. The number of carbonyl (C=O) groups excluding carboxylic acids is 2. The fourth-order valence-corrected chi connectivity index (χ4v) is 3.06.